The number of thiazole rings is 1. The van der Waals surface area contributed by atoms with Crippen molar-refractivity contribution in [3.05, 3.63) is 58.9 Å². The van der Waals surface area contributed by atoms with E-state index in [-0.39, 0.29) is 10.9 Å². The molecule has 2 aromatic heterocycles. The Hall–Kier alpha value is -2.49. The average molecular weight is 445 g/mol. The number of anilines is 2. The maximum atomic E-state index is 13.3. The first-order chi connectivity index (χ1) is 14.4. The molecule has 0 spiro atoms. The van der Waals surface area contributed by atoms with Crippen molar-refractivity contribution in [3.8, 4) is 5.75 Å². The van der Waals surface area contributed by atoms with Crippen LogP contribution in [0.2, 0.25) is 0 Å². The second-order valence-electron chi connectivity index (χ2n) is 7.29. The van der Waals surface area contributed by atoms with E-state index >= 15 is 0 Å². The number of rotatable bonds is 6. The van der Waals surface area contributed by atoms with Gasteiger partial charge >= 0.3 is 0 Å². The number of benzene rings is 1. The molecular formula is C21H24N4O3S2. The molecule has 3 heterocycles. The predicted molar refractivity (Wildman–Crippen MR) is 118 cm³/mol. The fourth-order valence-electron chi connectivity index (χ4n) is 3.68. The molecule has 1 N–H and O–H groups in total. The lowest BCUT2D eigenvalue weighted by atomic mass is 10.1. The van der Waals surface area contributed by atoms with Crippen LogP contribution in [0.3, 0.4) is 0 Å². The van der Waals surface area contributed by atoms with Gasteiger partial charge < -0.3 is 10.1 Å². The van der Waals surface area contributed by atoms with Crippen molar-refractivity contribution < 1.29 is 13.2 Å². The Bertz CT molecular complexity index is 1140. The van der Waals surface area contributed by atoms with Gasteiger partial charge in [-0.25, -0.2) is 13.4 Å². The largest absolute Gasteiger partial charge is 0.497 e. The van der Waals surface area contributed by atoms with Crippen LogP contribution in [0.15, 0.2) is 46.7 Å². The van der Waals surface area contributed by atoms with Gasteiger partial charge in [0.15, 0.2) is 5.13 Å². The van der Waals surface area contributed by atoms with Crippen molar-refractivity contribution >= 4 is 32.2 Å². The highest BCUT2D eigenvalue weighted by molar-refractivity contribution is 7.89. The molecule has 30 heavy (non-hydrogen) atoms. The first-order valence-electron chi connectivity index (χ1n) is 9.70. The highest BCUT2D eigenvalue weighted by Gasteiger charge is 2.37. The van der Waals surface area contributed by atoms with Crippen LogP contribution in [-0.2, 0) is 10.0 Å². The van der Waals surface area contributed by atoms with Gasteiger partial charge in [-0.3, -0.25) is 4.98 Å². The lowest BCUT2D eigenvalue weighted by Crippen LogP contribution is -2.31. The second-order valence-corrected chi connectivity index (χ2v) is 10.0. The fourth-order valence-corrected chi connectivity index (χ4v) is 6.06. The molecule has 0 bridgehead atoms. The van der Waals surface area contributed by atoms with E-state index < -0.39 is 10.0 Å². The minimum Gasteiger partial charge on any atom is -0.497 e. The van der Waals surface area contributed by atoms with Gasteiger partial charge in [0.25, 0.3) is 0 Å². The number of hydrogen-bond donors (Lipinski definition) is 1. The number of nitrogens with zero attached hydrogens (tertiary/aromatic N) is 3. The van der Waals surface area contributed by atoms with Gasteiger partial charge in [0, 0.05) is 23.3 Å². The topological polar surface area (TPSA) is 84.4 Å². The highest BCUT2D eigenvalue weighted by atomic mass is 32.2. The summed E-state index contributed by atoms with van der Waals surface area (Å²) in [5.41, 5.74) is 3.40. The molecule has 0 unspecified atom stereocenters. The molecule has 1 atom stereocenters. The number of aryl methyl sites for hydroxylation is 2. The van der Waals surface area contributed by atoms with Crippen molar-refractivity contribution in [1.82, 2.24) is 14.3 Å². The molecule has 1 aromatic carbocycles. The molecule has 158 valence electrons. The number of aromatic nitrogens is 2. The first kappa shape index (κ1) is 20.8. The van der Waals surface area contributed by atoms with Gasteiger partial charge in [0.2, 0.25) is 10.0 Å². The van der Waals surface area contributed by atoms with Crippen LogP contribution >= 0.6 is 11.3 Å². The molecule has 1 fully saturated rings. The summed E-state index contributed by atoms with van der Waals surface area (Å²) in [5.74, 6) is 0.625. The molecule has 0 aliphatic carbocycles. The quantitative estimate of drug-likeness (QED) is 0.605. The van der Waals surface area contributed by atoms with Crippen molar-refractivity contribution in [2.45, 2.75) is 37.6 Å². The van der Waals surface area contributed by atoms with Gasteiger partial charge in [-0.1, -0.05) is 0 Å². The van der Waals surface area contributed by atoms with Crippen molar-refractivity contribution in [2.24, 2.45) is 0 Å². The monoisotopic (exact) mass is 444 g/mol. The van der Waals surface area contributed by atoms with Crippen LogP contribution in [0.5, 0.6) is 5.75 Å². The molecule has 0 radical (unpaired) electrons. The Morgan fingerprint density at radius 2 is 1.90 bits per heavy atom. The van der Waals surface area contributed by atoms with Crippen LogP contribution < -0.4 is 10.1 Å². The zero-order valence-electron chi connectivity index (χ0n) is 17.1. The van der Waals surface area contributed by atoms with Gasteiger partial charge in [-0.05, 0) is 63.1 Å². The maximum absolute atomic E-state index is 13.3. The number of sulfonamides is 1. The summed E-state index contributed by atoms with van der Waals surface area (Å²) < 4.78 is 33.3. The normalized spacial score (nSPS) is 17.2. The molecule has 9 heteroatoms. The minimum atomic E-state index is -3.64. The van der Waals surface area contributed by atoms with Crippen molar-refractivity contribution in [1.29, 1.82) is 0 Å². The van der Waals surface area contributed by atoms with Gasteiger partial charge in [-0.2, -0.15) is 4.31 Å². The van der Waals surface area contributed by atoms with E-state index in [2.05, 4.69) is 15.3 Å². The van der Waals surface area contributed by atoms with E-state index in [4.69, 9.17) is 4.74 Å². The molecule has 7 nitrogen and oxygen atoms in total. The smallest absolute Gasteiger partial charge is 0.243 e. The first-order valence-corrected chi connectivity index (χ1v) is 12.0. The van der Waals surface area contributed by atoms with E-state index in [1.165, 1.54) is 11.3 Å². The van der Waals surface area contributed by atoms with Crippen LogP contribution in [0.4, 0.5) is 10.8 Å². The van der Waals surface area contributed by atoms with Crippen molar-refractivity contribution in [2.75, 3.05) is 19.0 Å². The van der Waals surface area contributed by atoms with E-state index in [0.29, 0.717) is 12.3 Å². The third-order valence-corrected chi connectivity index (χ3v) is 7.85. The second kappa shape index (κ2) is 8.33. The van der Waals surface area contributed by atoms with Crippen LogP contribution in [-0.4, -0.2) is 36.3 Å². The zero-order chi connectivity index (χ0) is 21.3. The molecule has 4 rings (SSSR count). The SMILES string of the molecule is COc1ccc(S(=O)(=O)N2CCC[C@H]2c2cc(Nc3nc(C)cs3)cc(C)n2)cc1. The number of hydrogen-bond acceptors (Lipinski definition) is 7. The summed E-state index contributed by atoms with van der Waals surface area (Å²) >= 11 is 1.53. The number of nitrogens with one attached hydrogen (secondary N) is 1. The predicted octanol–water partition coefficient (Wildman–Crippen LogP) is 4.43. The number of pyridine rings is 1. The Morgan fingerprint density at radius 1 is 1.13 bits per heavy atom. The highest BCUT2D eigenvalue weighted by Crippen LogP contribution is 2.37. The summed E-state index contributed by atoms with van der Waals surface area (Å²) in [5, 5.41) is 6.10. The molecule has 1 aliphatic rings. The Morgan fingerprint density at radius 3 is 2.57 bits per heavy atom. The summed E-state index contributed by atoms with van der Waals surface area (Å²) in [6.07, 6.45) is 1.53. The van der Waals surface area contributed by atoms with Crippen molar-refractivity contribution in [3.63, 3.8) is 0 Å². The standard InChI is InChI=1S/C21H24N4O3S2/c1-14-11-16(24-21-23-15(2)13-29-21)12-19(22-14)20-5-4-10-25(20)30(26,27)18-8-6-17(28-3)7-9-18/h6-9,11-13,20H,4-5,10H2,1-3H3,(H,22,23,24)/t20-/m0/s1. The summed E-state index contributed by atoms with van der Waals surface area (Å²) in [6, 6.07) is 10.1. The number of methoxy groups -OCH3 is 1. The average Bonchev–Trinajstić information content (AvgIpc) is 3.37. The lowest BCUT2D eigenvalue weighted by Gasteiger charge is -2.24. The maximum Gasteiger partial charge on any atom is 0.243 e. The van der Waals surface area contributed by atoms with Gasteiger partial charge in [-0.15, -0.1) is 11.3 Å². The van der Waals surface area contributed by atoms with Crippen LogP contribution in [0.1, 0.15) is 36.0 Å². The summed E-state index contributed by atoms with van der Waals surface area (Å²) in [6.45, 7) is 4.34. The van der Waals surface area contributed by atoms with E-state index in [1.54, 1.807) is 35.7 Å². The molecule has 3 aromatic rings. The molecule has 1 aliphatic heterocycles. The zero-order valence-corrected chi connectivity index (χ0v) is 18.8. The summed E-state index contributed by atoms with van der Waals surface area (Å²) in [4.78, 5) is 9.37. The third-order valence-electron chi connectivity index (χ3n) is 5.05. The van der Waals surface area contributed by atoms with Gasteiger partial charge in [0.05, 0.1) is 29.4 Å². The van der Waals surface area contributed by atoms with E-state index in [1.807, 2.05) is 31.4 Å². The Balaban J connectivity index is 1.64. The van der Waals surface area contributed by atoms with E-state index in [9.17, 15) is 8.42 Å². The minimum absolute atomic E-state index is 0.263. The molecular weight excluding hydrogens is 420 g/mol. The third kappa shape index (κ3) is 4.19. The van der Waals surface area contributed by atoms with Gasteiger partial charge in [0.1, 0.15) is 5.75 Å². The van der Waals surface area contributed by atoms with Crippen LogP contribution in [0.25, 0.3) is 0 Å². The number of ether oxygens (including phenoxy) is 1. The lowest BCUT2D eigenvalue weighted by molar-refractivity contribution is 0.390. The summed E-state index contributed by atoms with van der Waals surface area (Å²) in [7, 11) is -2.08. The Kier molecular flexibility index (Phi) is 5.77. The van der Waals surface area contributed by atoms with Crippen LogP contribution in [0, 0.1) is 13.8 Å². The molecule has 1 saturated heterocycles. The molecule has 0 saturated carbocycles. The van der Waals surface area contributed by atoms with E-state index in [0.717, 1.165) is 40.7 Å². The molecule has 0 amide bonds. The Labute approximate surface area is 180 Å². The fraction of sp³-hybridized carbons (Fsp3) is 0.333.